The average molecular weight is 232 g/mol. The fourth-order valence-corrected chi connectivity index (χ4v) is 2.54. The first kappa shape index (κ1) is 11.3. The second kappa shape index (κ2) is 4.74. The number of anilines is 1. The van der Waals surface area contributed by atoms with Crippen LogP contribution in [0.25, 0.3) is 11.1 Å². The Labute approximate surface area is 101 Å². The molecule has 2 heterocycles. The number of pyridine rings is 1. The summed E-state index contributed by atoms with van der Waals surface area (Å²) in [5, 5.41) is 0. The molecule has 84 valence electrons. The van der Waals surface area contributed by atoms with Crippen LogP contribution in [-0.2, 0) is 0 Å². The first-order valence-electron chi connectivity index (χ1n) is 5.37. The molecule has 3 heteroatoms. The standard InChI is InChI=1S/C13H16N2S/c1-9(2)12-7-11(14)8-13(15-12)10-3-5-16-6-4-10/h3,7-8H,1,4-6H2,2H3,(H2,14,15). The maximum absolute atomic E-state index is 5.89. The van der Waals surface area contributed by atoms with Gasteiger partial charge < -0.3 is 5.73 Å². The molecule has 1 aliphatic rings. The third-order valence-corrected chi connectivity index (χ3v) is 3.47. The minimum absolute atomic E-state index is 0.766. The van der Waals surface area contributed by atoms with E-state index >= 15 is 0 Å². The van der Waals surface area contributed by atoms with Crippen molar-refractivity contribution in [2.24, 2.45) is 0 Å². The van der Waals surface area contributed by atoms with Gasteiger partial charge in [-0.15, -0.1) is 0 Å². The molecule has 0 spiro atoms. The Morgan fingerprint density at radius 3 is 2.94 bits per heavy atom. The van der Waals surface area contributed by atoms with E-state index in [1.807, 2.05) is 30.8 Å². The number of nitrogens with two attached hydrogens (primary N) is 1. The number of hydrogen-bond acceptors (Lipinski definition) is 3. The monoisotopic (exact) mass is 232 g/mol. The number of nitrogen functional groups attached to an aromatic ring is 1. The molecule has 0 amide bonds. The zero-order valence-electron chi connectivity index (χ0n) is 9.49. The van der Waals surface area contributed by atoms with Crippen molar-refractivity contribution in [2.45, 2.75) is 13.3 Å². The van der Waals surface area contributed by atoms with Crippen molar-refractivity contribution in [1.82, 2.24) is 4.98 Å². The van der Waals surface area contributed by atoms with Crippen LogP contribution in [0.5, 0.6) is 0 Å². The summed E-state index contributed by atoms with van der Waals surface area (Å²) in [6.45, 7) is 5.87. The molecule has 0 radical (unpaired) electrons. The van der Waals surface area contributed by atoms with Crippen LogP contribution in [0.1, 0.15) is 24.7 Å². The van der Waals surface area contributed by atoms with Crippen LogP contribution >= 0.6 is 11.8 Å². The van der Waals surface area contributed by atoms with E-state index in [0.29, 0.717) is 0 Å². The lowest BCUT2D eigenvalue weighted by molar-refractivity contribution is 1.16. The van der Waals surface area contributed by atoms with Gasteiger partial charge >= 0.3 is 0 Å². The van der Waals surface area contributed by atoms with E-state index in [1.165, 1.54) is 11.3 Å². The highest BCUT2D eigenvalue weighted by Crippen LogP contribution is 2.27. The summed E-state index contributed by atoms with van der Waals surface area (Å²) in [6, 6.07) is 3.83. The van der Waals surface area contributed by atoms with E-state index in [9.17, 15) is 0 Å². The number of hydrogen-bond donors (Lipinski definition) is 1. The van der Waals surface area contributed by atoms with Gasteiger partial charge in [0.2, 0.25) is 0 Å². The van der Waals surface area contributed by atoms with Gasteiger partial charge in [0, 0.05) is 11.4 Å². The molecule has 0 aromatic carbocycles. The fraction of sp³-hybridized carbons (Fsp3) is 0.308. The molecule has 1 aliphatic heterocycles. The van der Waals surface area contributed by atoms with Gasteiger partial charge in [0.25, 0.3) is 0 Å². The Kier molecular flexibility index (Phi) is 3.34. The van der Waals surface area contributed by atoms with Gasteiger partial charge in [-0.3, -0.25) is 0 Å². The largest absolute Gasteiger partial charge is 0.399 e. The average Bonchev–Trinajstić information content (AvgIpc) is 2.29. The quantitative estimate of drug-likeness (QED) is 0.851. The van der Waals surface area contributed by atoms with Crippen molar-refractivity contribution in [3.63, 3.8) is 0 Å². The summed E-state index contributed by atoms with van der Waals surface area (Å²) in [6.07, 6.45) is 3.33. The summed E-state index contributed by atoms with van der Waals surface area (Å²) in [7, 11) is 0. The predicted octanol–water partition coefficient (Wildman–Crippen LogP) is 3.22. The van der Waals surface area contributed by atoms with Crippen molar-refractivity contribution in [1.29, 1.82) is 0 Å². The van der Waals surface area contributed by atoms with Crippen molar-refractivity contribution in [2.75, 3.05) is 17.2 Å². The Hall–Kier alpha value is -1.22. The summed E-state index contributed by atoms with van der Waals surface area (Å²) in [5.41, 5.74) is 10.8. The van der Waals surface area contributed by atoms with Crippen LogP contribution in [0, 0.1) is 0 Å². The lowest BCUT2D eigenvalue weighted by atomic mass is 10.1. The zero-order chi connectivity index (χ0) is 11.5. The molecule has 0 aliphatic carbocycles. The topological polar surface area (TPSA) is 38.9 Å². The fourth-order valence-electron chi connectivity index (χ4n) is 1.69. The van der Waals surface area contributed by atoms with Gasteiger partial charge in [0.05, 0.1) is 11.4 Å². The molecule has 2 N–H and O–H groups in total. The molecular formula is C13H16N2S. The lowest BCUT2D eigenvalue weighted by Crippen LogP contribution is -2.01. The van der Waals surface area contributed by atoms with Crippen LogP contribution in [0.4, 0.5) is 5.69 Å². The van der Waals surface area contributed by atoms with Crippen LogP contribution in [-0.4, -0.2) is 16.5 Å². The molecule has 0 saturated carbocycles. The van der Waals surface area contributed by atoms with Gasteiger partial charge in [0.1, 0.15) is 0 Å². The van der Waals surface area contributed by atoms with E-state index < -0.39 is 0 Å². The van der Waals surface area contributed by atoms with Gasteiger partial charge in [-0.25, -0.2) is 4.98 Å². The number of rotatable bonds is 2. The van der Waals surface area contributed by atoms with Gasteiger partial charge in [-0.05, 0) is 42.4 Å². The highest BCUT2D eigenvalue weighted by Gasteiger charge is 2.09. The Balaban J connectivity index is 2.40. The minimum Gasteiger partial charge on any atom is -0.399 e. The summed E-state index contributed by atoms with van der Waals surface area (Å²) in [5.74, 6) is 2.25. The van der Waals surface area contributed by atoms with Crippen LogP contribution in [0.15, 0.2) is 24.8 Å². The molecule has 0 saturated heterocycles. The number of thioether (sulfide) groups is 1. The second-order valence-electron chi connectivity index (χ2n) is 4.01. The number of nitrogens with zero attached hydrogens (tertiary/aromatic N) is 1. The van der Waals surface area contributed by atoms with E-state index in [-0.39, 0.29) is 0 Å². The number of allylic oxidation sites excluding steroid dienone is 2. The Morgan fingerprint density at radius 2 is 2.31 bits per heavy atom. The normalized spacial score (nSPS) is 15.7. The van der Waals surface area contributed by atoms with Crippen molar-refractivity contribution in [3.8, 4) is 0 Å². The minimum atomic E-state index is 0.766. The van der Waals surface area contributed by atoms with Crippen molar-refractivity contribution in [3.05, 3.63) is 36.2 Å². The van der Waals surface area contributed by atoms with E-state index in [2.05, 4.69) is 17.6 Å². The zero-order valence-corrected chi connectivity index (χ0v) is 10.3. The van der Waals surface area contributed by atoms with Crippen LogP contribution in [0.3, 0.4) is 0 Å². The Bertz CT molecular complexity index is 449. The van der Waals surface area contributed by atoms with Crippen LogP contribution < -0.4 is 5.73 Å². The summed E-state index contributed by atoms with van der Waals surface area (Å²) in [4.78, 5) is 4.60. The molecule has 0 atom stereocenters. The first-order chi connectivity index (χ1) is 7.66. The Morgan fingerprint density at radius 1 is 1.50 bits per heavy atom. The molecule has 16 heavy (non-hydrogen) atoms. The summed E-state index contributed by atoms with van der Waals surface area (Å²) < 4.78 is 0. The highest BCUT2D eigenvalue weighted by molar-refractivity contribution is 7.99. The van der Waals surface area contributed by atoms with Gasteiger partial charge in [-0.1, -0.05) is 12.7 Å². The van der Waals surface area contributed by atoms with Crippen molar-refractivity contribution >= 4 is 28.6 Å². The highest BCUT2D eigenvalue weighted by atomic mass is 32.2. The molecule has 2 rings (SSSR count). The third kappa shape index (κ3) is 2.47. The lowest BCUT2D eigenvalue weighted by Gasteiger charge is -2.13. The molecule has 0 fully saturated rings. The smallest absolute Gasteiger partial charge is 0.0686 e. The van der Waals surface area contributed by atoms with Gasteiger partial charge in [0.15, 0.2) is 0 Å². The molecule has 1 aromatic rings. The maximum atomic E-state index is 5.89. The molecule has 1 aromatic heterocycles. The van der Waals surface area contributed by atoms with Crippen molar-refractivity contribution < 1.29 is 0 Å². The molecular weight excluding hydrogens is 216 g/mol. The first-order valence-corrected chi connectivity index (χ1v) is 6.53. The molecule has 0 bridgehead atoms. The second-order valence-corrected chi connectivity index (χ2v) is 5.16. The van der Waals surface area contributed by atoms with Gasteiger partial charge in [-0.2, -0.15) is 11.8 Å². The molecule has 0 unspecified atom stereocenters. The summed E-state index contributed by atoms with van der Waals surface area (Å²) >= 11 is 1.96. The van der Waals surface area contributed by atoms with E-state index in [4.69, 9.17) is 5.73 Å². The van der Waals surface area contributed by atoms with E-state index in [1.54, 1.807) is 0 Å². The van der Waals surface area contributed by atoms with Crippen LogP contribution in [0.2, 0.25) is 0 Å². The third-order valence-electron chi connectivity index (χ3n) is 2.58. The number of aromatic nitrogens is 1. The predicted molar refractivity (Wildman–Crippen MR) is 73.3 cm³/mol. The SMILES string of the molecule is C=C(C)c1cc(N)cc(C2=CCSCC2)n1. The maximum Gasteiger partial charge on any atom is 0.0686 e. The van der Waals surface area contributed by atoms with E-state index in [0.717, 1.165) is 34.8 Å². The molecule has 2 nitrogen and oxygen atoms in total.